The maximum atomic E-state index is 14.3. The largest absolute Gasteiger partial charge is 0.390 e. The molecule has 0 bridgehead atoms. The Bertz CT molecular complexity index is 439. The average molecular weight is 356 g/mol. The quantitative estimate of drug-likeness (QED) is 0.767. The molecule has 0 saturated heterocycles. The molecule has 0 aromatic carbocycles. The van der Waals surface area contributed by atoms with Gasteiger partial charge in [0.2, 0.25) is 0 Å². The van der Waals surface area contributed by atoms with Crippen LogP contribution in [0.3, 0.4) is 0 Å². The Hall–Kier alpha value is -0.510. The molecule has 144 valence electrons. The van der Waals surface area contributed by atoms with Crippen LogP contribution in [-0.2, 0) is 4.79 Å². The fourth-order valence-electron chi connectivity index (χ4n) is 5.48. The van der Waals surface area contributed by atoms with Crippen LogP contribution in [-0.4, -0.2) is 29.3 Å². The molecule has 1 N–H and O–H groups in total. The van der Waals surface area contributed by atoms with Crippen LogP contribution in [0.4, 0.5) is 8.78 Å². The summed E-state index contributed by atoms with van der Waals surface area (Å²) < 4.78 is 28.1. The summed E-state index contributed by atoms with van der Waals surface area (Å²) in [4.78, 5) is 12.6. The van der Waals surface area contributed by atoms with Gasteiger partial charge in [0, 0.05) is 12.3 Å². The molecule has 0 amide bonds. The molecule has 25 heavy (non-hydrogen) atoms. The van der Waals surface area contributed by atoms with Crippen LogP contribution in [0.2, 0.25) is 0 Å². The second kappa shape index (κ2) is 8.45. The number of aliphatic hydroxyl groups excluding tert-OH is 1. The molecule has 4 atom stereocenters. The fourth-order valence-corrected chi connectivity index (χ4v) is 5.48. The van der Waals surface area contributed by atoms with Crippen molar-refractivity contribution in [3.05, 3.63) is 0 Å². The van der Waals surface area contributed by atoms with Crippen LogP contribution in [0.1, 0.15) is 77.6 Å². The molecule has 3 aliphatic rings. The van der Waals surface area contributed by atoms with Crippen molar-refractivity contribution in [2.75, 3.05) is 0 Å². The minimum absolute atomic E-state index is 0.143. The van der Waals surface area contributed by atoms with Crippen molar-refractivity contribution in [2.24, 2.45) is 29.6 Å². The zero-order chi connectivity index (χ0) is 18.0. The monoisotopic (exact) mass is 356 g/mol. The molecule has 3 rings (SSSR count). The van der Waals surface area contributed by atoms with Gasteiger partial charge in [-0.2, -0.15) is 0 Å². The van der Waals surface area contributed by atoms with Gasteiger partial charge in [-0.1, -0.05) is 19.8 Å². The second-order valence-electron chi connectivity index (χ2n) is 9.11. The van der Waals surface area contributed by atoms with Gasteiger partial charge in [0.25, 0.3) is 0 Å². The molecule has 0 radical (unpaired) electrons. The third-order valence-corrected chi connectivity index (χ3v) is 7.33. The van der Waals surface area contributed by atoms with Crippen molar-refractivity contribution >= 4 is 5.78 Å². The fraction of sp³-hybridized carbons (Fsp3) is 0.952. The molecule has 4 heteroatoms. The van der Waals surface area contributed by atoms with E-state index < -0.39 is 18.4 Å². The topological polar surface area (TPSA) is 37.3 Å². The molecule has 0 aromatic heterocycles. The van der Waals surface area contributed by atoms with E-state index in [1.807, 2.05) is 0 Å². The summed E-state index contributed by atoms with van der Waals surface area (Å²) in [6.07, 6.45) is 5.51. The van der Waals surface area contributed by atoms with E-state index in [0.717, 1.165) is 38.0 Å². The Morgan fingerprint density at radius 1 is 0.880 bits per heavy atom. The molecule has 4 unspecified atom stereocenters. The molecule has 0 aliphatic heterocycles. The summed E-state index contributed by atoms with van der Waals surface area (Å²) in [7, 11) is 0. The lowest BCUT2D eigenvalue weighted by Gasteiger charge is -2.40. The van der Waals surface area contributed by atoms with Crippen molar-refractivity contribution in [3.8, 4) is 0 Å². The Balaban J connectivity index is 1.44. The van der Waals surface area contributed by atoms with Crippen molar-refractivity contribution in [3.63, 3.8) is 0 Å². The zero-order valence-electron chi connectivity index (χ0n) is 15.5. The van der Waals surface area contributed by atoms with Crippen LogP contribution in [0, 0.1) is 29.6 Å². The zero-order valence-corrected chi connectivity index (χ0v) is 15.5. The molecule has 0 spiro atoms. The molecule has 3 fully saturated rings. The van der Waals surface area contributed by atoms with E-state index in [4.69, 9.17) is 0 Å². The van der Waals surface area contributed by atoms with Gasteiger partial charge >= 0.3 is 0 Å². The molecule has 0 aromatic rings. The normalized spacial score (nSPS) is 45.9. The first-order chi connectivity index (χ1) is 12.0. The molecule has 0 heterocycles. The number of halogens is 2. The van der Waals surface area contributed by atoms with E-state index in [1.54, 1.807) is 0 Å². The van der Waals surface area contributed by atoms with E-state index in [9.17, 15) is 18.7 Å². The number of hydrogen-bond donors (Lipinski definition) is 1. The third-order valence-electron chi connectivity index (χ3n) is 7.33. The highest BCUT2D eigenvalue weighted by Gasteiger charge is 2.44. The highest BCUT2D eigenvalue weighted by atomic mass is 19.2. The Morgan fingerprint density at radius 2 is 1.52 bits per heavy atom. The number of Topliss-reactive ketones (excluding diaryl/α,β-unsaturated/α-hetero) is 1. The van der Waals surface area contributed by atoms with Gasteiger partial charge in [-0.15, -0.1) is 0 Å². The van der Waals surface area contributed by atoms with Crippen LogP contribution in [0.15, 0.2) is 0 Å². The van der Waals surface area contributed by atoms with E-state index in [2.05, 4.69) is 6.92 Å². The molecular formula is C21H34F2O2. The lowest BCUT2D eigenvalue weighted by molar-refractivity contribution is -0.125. The van der Waals surface area contributed by atoms with Gasteiger partial charge in [0.05, 0.1) is 6.10 Å². The van der Waals surface area contributed by atoms with Gasteiger partial charge in [-0.3, -0.25) is 4.79 Å². The maximum Gasteiger partial charge on any atom is 0.157 e. The third kappa shape index (κ3) is 4.61. The summed E-state index contributed by atoms with van der Waals surface area (Å²) in [6, 6.07) is 0. The number of carbonyl (C=O) groups excluding carboxylic acids is 1. The van der Waals surface area contributed by atoms with E-state index in [-0.39, 0.29) is 17.8 Å². The number of carbonyl (C=O) groups is 1. The van der Waals surface area contributed by atoms with Crippen molar-refractivity contribution in [2.45, 2.75) is 96.0 Å². The van der Waals surface area contributed by atoms with Crippen molar-refractivity contribution < 1.29 is 18.7 Å². The standard InChI is InChI=1S/C21H34F2O2/c1-13-2-4-14(5-3-13)12-19(25)16-8-6-15(7-9-16)17-10-11-18(24)21(23)20(17)22/h13-18,20-21,24H,2-12H2,1H3. The smallest absolute Gasteiger partial charge is 0.157 e. The van der Waals surface area contributed by atoms with Gasteiger partial charge in [-0.05, 0) is 75.0 Å². The van der Waals surface area contributed by atoms with Crippen molar-refractivity contribution in [1.29, 1.82) is 0 Å². The SMILES string of the molecule is CC1CCC(CC(=O)C2CCC(C3CCC(O)C(F)C3F)CC2)CC1. The minimum atomic E-state index is -1.73. The predicted octanol–water partition coefficient (Wildman–Crippen LogP) is 5.03. The Kier molecular flexibility index (Phi) is 6.51. The Labute approximate surface area is 150 Å². The lowest BCUT2D eigenvalue weighted by Crippen LogP contribution is -2.44. The highest BCUT2D eigenvalue weighted by Crippen LogP contribution is 2.43. The van der Waals surface area contributed by atoms with Crippen LogP contribution in [0.25, 0.3) is 0 Å². The van der Waals surface area contributed by atoms with Crippen molar-refractivity contribution in [1.82, 2.24) is 0 Å². The first-order valence-electron chi connectivity index (χ1n) is 10.4. The summed E-state index contributed by atoms with van der Waals surface area (Å²) in [6.45, 7) is 2.30. The molecular weight excluding hydrogens is 322 g/mol. The van der Waals surface area contributed by atoms with Crippen LogP contribution < -0.4 is 0 Å². The summed E-state index contributed by atoms with van der Waals surface area (Å²) >= 11 is 0. The van der Waals surface area contributed by atoms with Gasteiger partial charge in [-0.25, -0.2) is 8.78 Å². The summed E-state index contributed by atoms with van der Waals surface area (Å²) in [5, 5.41) is 9.49. The van der Waals surface area contributed by atoms with E-state index in [1.165, 1.54) is 25.7 Å². The van der Waals surface area contributed by atoms with E-state index >= 15 is 0 Å². The minimum Gasteiger partial charge on any atom is -0.390 e. The number of hydrogen-bond acceptors (Lipinski definition) is 2. The number of rotatable bonds is 4. The second-order valence-corrected chi connectivity index (χ2v) is 9.11. The average Bonchev–Trinajstić information content (AvgIpc) is 2.62. The first-order valence-corrected chi connectivity index (χ1v) is 10.4. The molecule has 3 aliphatic carbocycles. The van der Waals surface area contributed by atoms with Crippen LogP contribution >= 0.6 is 0 Å². The number of alkyl halides is 2. The molecule has 3 saturated carbocycles. The lowest BCUT2D eigenvalue weighted by atomic mass is 9.68. The summed E-state index contributed by atoms with van der Waals surface area (Å²) in [5.74, 6) is 1.85. The predicted molar refractivity (Wildman–Crippen MR) is 94.7 cm³/mol. The maximum absolute atomic E-state index is 14.3. The number of aliphatic hydroxyl groups is 1. The van der Waals surface area contributed by atoms with E-state index in [0.29, 0.717) is 24.5 Å². The first kappa shape index (κ1) is 19.3. The summed E-state index contributed by atoms with van der Waals surface area (Å²) in [5.41, 5.74) is 0. The van der Waals surface area contributed by atoms with Gasteiger partial charge in [0.15, 0.2) is 6.17 Å². The number of ketones is 1. The van der Waals surface area contributed by atoms with Crippen LogP contribution in [0.5, 0.6) is 0 Å². The highest BCUT2D eigenvalue weighted by molar-refractivity contribution is 5.81. The Morgan fingerprint density at radius 3 is 2.16 bits per heavy atom. The van der Waals surface area contributed by atoms with Gasteiger partial charge < -0.3 is 5.11 Å². The van der Waals surface area contributed by atoms with Gasteiger partial charge in [0.1, 0.15) is 12.0 Å². The molecule has 2 nitrogen and oxygen atoms in total.